The molecule has 0 aromatic heterocycles. The number of anilines is 1. The molecule has 0 atom stereocenters. The second-order valence-corrected chi connectivity index (χ2v) is 6.01. The monoisotopic (exact) mass is 404 g/mol. The highest BCUT2D eigenvalue weighted by atomic mass is 79.9. The van der Waals surface area contributed by atoms with Gasteiger partial charge in [-0.15, -0.1) is 0 Å². The topological polar surface area (TPSA) is 117 Å². The highest BCUT2D eigenvalue weighted by Gasteiger charge is 2.08. The summed E-state index contributed by atoms with van der Waals surface area (Å²) in [4.78, 5) is 23.4. The molecular weight excluding hydrogens is 388 g/mol. The Hall–Kier alpha value is -2.87. The van der Waals surface area contributed by atoms with Crippen molar-refractivity contribution >= 4 is 39.5 Å². The smallest absolute Gasteiger partial charge is 0.412 e. The van der Waals surface area contributed by atoms with Crippen molar-refractivity contribution < 1.29 is 14.3 Å². The second kappa shape index (κ2) is 8.84. The molecule has 0 saturated heterocycles. The standard InChI is InChI=1S/C17H17BrN4O3/c18-13-3-1-2-11(8-13)9-21-15(23)10-25-17(24)22-14-6-4-12(5-7-14)16(19)20/h1-8H,9-10H2,(H3,19,20)(H,21,23)(H,22,24). The predicted molar refractivity (Wildman–Crippen MR) is 98.4 cm³/mol. The summed E-state index contributed by atoms with van der Waals surface area (Å²) < 4.78 is 5.78. The molecule has 7 nitrogen and oxygen atoms in total. The average molecular weight is 405 g/mol. The Morgan fingerprint density at radius 3 is 2.52 bits per heavy atom. The SMILES string of the molecule is N=C(N)c1ccc(NC(=O)OCC(=O)NCc2cccc(Br)c2)cc1. The first-order valence-corrected chi connectivity index (χ1v) is 8.13. The molecule has 0 spiro atoms. The van der Waals surface area contributed by atoms with Crippen LogP contribution in [-0.2, 0) is 16.1 Å². The third kappa shape index (κ3) is 6.27. The van der Waals surface area contributed by atoms with E-state index in [0.717, 1.165) is 10.0 Å². The van der Waals surface area contributed by atoms with Crippen molar-refractivity contribution in [1.82, 2.24) is 5.32 Å². The molecule has 2 rings (SSSR count). The van der Waals surface area contributed by atoms with E-state index in [1.807, 2.05) is 24.3 Å². The van der Waals surface area contributed by atoms with Gasteiger partial charge in [-0.25, -0.2) is 4.79 Å². The fourth-order valence-electron chi connectivity index (χ4n) is 1.92. The van der Waals surface area contributed by atoms with Crippen molar-refractivity contribution in [3.8, 4) is 0 Å². The molecule has 0 aliphatic carbocycles. The van der Waals surface area contributed by atoms with Gasteiger partial charge in [0.25, 0.3) is 5.91 Å². The number of nitrogens with one attached hydrogen (secondary N) is 3. The number of halogens is 1. The van der Waals surface area contributed by atoms with Crippen LogP contribution in [0.1, 0.15) is 11.1 Å². The fourth-order valence-corrected chi connectivity index (χ4v) is 2.36. The zero-order chi connectivity index (χ0) is 18.2. The first kappa shape index (κ1) is 18.5. The van der Waals surface area contributed by atoms with Crippen molar-refractivity contribution in [2.75, 3.05) is 11.9 Å². The molecule has 0 unspecified atom stereocenters. The van der Waals surface area contributed by atoms with E-state index in [4.69, 9.17) is 15.9 Å². The van der Waals surface area contributed by atoms with Crippen LogP contribution in [0.25, 0.3) is 0 Å². The minimum absolute atomic E-state index is 0.0590. The van der Waals surface area contributed by atoms with Gasteiger partial charge in [0.1, 0.15) is 5.84 Å². The molecule has 2 amide bonds. The lowest BCUT2D eigenvalue weighted by Crippen LogP contribution is -2.29. The number of benzene rings is 2. The zero-order valence-corrected chi connectivity index (χ0v) is 14.8. The number of amides is 2. The molecule has 0 heterocycles. The molecule has 0 radical (unpaired) electrons. The van der Waals surface area contributed by atoms with Gasteiger partial charge in [0.15, 0.2) is 6.61 Å². The van der Waals surface area contributed by atoms with E-state index in [-0.39, 0.29) is 12.4 Å². The Bertz CT molecular complexity index is 778. The van der Waals surface area contributed by atoms with E-state index in [2.05, 4.69) is 26.6 Å². The van der Waals surface area contributed by atoms with Crippen LogP contribution in [0, 0.1) is 5.41 Å². The average Bonchev–Trinajstić information content (AvgIpc) is 2.58. The third-order valence-corrected chi connectivity index (χ3v) is 3.65. The summed E-state index contributed by atoms with van der Waals surface area (Å²) in [6, 6.07) is 13.9. The highest BCUT2D eigenvalue weighted by molar-refractivity contribution is 9.10. The summed E-state index contributed by atoms with van der Waals surface area (Å²) in [5.41, 5.74) is 7.30. The van der Waals surface area contributed by atoms with Gasteiger partial charge in [-0.2, -0.15) is 0 Å². The van der Waals surface area contributed by atoms with Gasteiger partial charge >= 0.3 is 6.09 Å². The number of rotatable bonds is 6. The minimum Gasteiger partial charge on any atom is -0.439 e. The van der Waals surface area contributed by atoms with Crippen LogP contribution in [0.2, 0.25) is 0 Å². The van der Waals surface area contributed by atoms with Crippen molar-refractivity contribution in [2.45, 2.75) is 6.54 Å². The molecule has 0 bridgehead atoms. The molecule has 8 heteroatoms. The Balaban J connectivity index is 1.73. The number of amidine groups is 1. The van der Waals surface area contributed by atoms with E-state index < -0.39 is 12.0 Å². The highest BCUT2D eigenvalue weighted by Crippen LogP contribution is 2.11. The maximum absolute atomic E-state index is 11.7. The van der Waals surface area contributed by atoms with Crippen LogP contribution in [0.15, 0.2) is 53.0 Å². The quantitative estimate of drug-likeness (QED) is 0.437. The number of carbonyl (C=O) groups is 2. The Kier molecular flexibility index (Phi) is 6.53. The van der Waals surface area contributed by atoms with Crippen LogP contribution in [-0.4, -0.2) is 24.4 Å². The molecule has 25 heavy (non-hydrogen) atoms. The second-order valence-electron chi connectivity index (χ2n) is 5.10. The minimum atomic E-state index is -0.742. The Morgan fingerprint density at radius 2 is 1.88 bits per heavy atom. The van der Waals surface area contributed by atoms with Crippen LogP contribution in [0.5, 0.6) is 0 Å². The summed E-state index contributed by atoms with van der Waals surface area (Å²) in [6.07, 6.45) is -0.742. The van der Waals surface area contributed by atoms with Crippen LogP contribution >= 0.6 is 15.9 Å². The van der Waals surface area contributed by atoms with Gasteiger partial charge in [-0.3, -0.25) is 15.5 Å². The molecule has 0 aliphatic heterocycles. The summed E-state index contributed by atoms with van der Waals surface area (Å²) >= 11 is 3.35. The van der Waals surface area contributed by atoms with Crippen LogP contribution in [0.3, 0.4) is 0 Å². The third-order valence-electron chi connectivity index (χ3n) is 3.16. The zero-order valence-electron chi connectivity index (χ0n) is 13.2. The summed E-state index contributed by atoms with van der Waals surface area (Å²) in [5.74, 6) is -0.460. The van der Waals surface area contributed by atoms with Gasteiger partial charge < -0.3 is 15.8 Å². The van der Waals surface area contributed by atoms with Crippen LogP contribution in [0.4, 0.5) is 10.5 Å². The number of hydrogen-bond donors (Lipinski definition) is 4. The van der Waals surface area contributed by atoms with E-state index in [1.54, 1.807) is 24.3 Å². The fraction of sp³-hybridized carbons (Fsp3) is 0.118. The number of carbonyl (C=O) groups excluding carboxylic acids is 2. The molecule has 2 aromatic carbocycles. The Labute approximate surface area is 153 Å². The lowest BCUT2D eigenvalue weighted by Gasteiger charge is -2.08. The molecule has 5 N–H and O–H groups in total. The van der Waals surface area contributed by atoms with Gasteiger partial charge in [0.2, 0.25) is 0 Å². The van der Waals surface area contributed by atoms with Crippen molar-refractivity contribution in [2.24, 2.45) is 5.73 Å². The summed E-state index contributed by atoms with van der Waals surface area (Å²) in [5, 5.41) is 12.4. The van der Waals surface area contributed by atoms with Gasteiger partial charge in [-0.1, -0.05) is 28.1 Å². The predicted octanol–water partition coefficient (Wildman–Crippen LogP) is 2.60. The maximum Gasteiger partial charge on any atom is 0.412 e. The molecule has 130 valence electrons. The van der Waals surface area contributed by atoms with Gasteiger partial charge in [0.05, 0.1) is 0 Å². The van der Waals surface area contributed by atoms with Crippen LogP contribution < -0.4 is 16.4 Å². The van der Waals surface area contributed by atoms with Gasteiger partial charge in [0, 0.05) is 22.3 Å². The summed E-state index contributed by atoms with van der Waals surface area (Å²) in [6.45, 7) is -0.0405. The Morgan fingerprint density at radius 1 is 1.16 bits per heavy atom. The van der Waals surface area contributed by atoms with E-state index in [1.165, 1.54) is 0 Å². The van der Waals surface area contributed by atoms with E-state index in [9.17, 15) is 9.59 Å². The van der Waals surface area contributed by atoms with Gasteiger partial charge in [-0.05, 0) is 42.0 Å². The lowest BCUT2D eigenvalue weighted by molar-refractivity contribution is -0.124. The van der Waals surface area contributed by atoms with Crippen molar-refractivity contribution in [3.05, 3.63) is 64.1 Å². The lowest BCUT2D eigenvalue weighted by atomic mass is 10.2. The first-order valence-electron chi connectivity index (χ1n) is 7.33. The van der Waals surface area contributed by atoms with E-state index >= 15 is 0 Å². The van der Waals surface area contributed by atoms with Crippen molar-refractivity contribution in [3.63, 3.8) is 0 Å². The largest absolute Gasteiger partial charge is 0.439 e. The number of ether oxygens (including phenoxy) is 1. The number of hydrogen-bond acceptors (Lipinski definition) is 4. The normalized spacial score (nSPS) is 9.96. The number of nitrogens with two attached hydrogens (primary N) is 1. The summed E-state index contributed by atoms with van der Waals surface area (Å²) in [7, 11) is 0. The molecule has 0 fully saturated rings. The molecule has 0 aliphatic rings. The molecule has 2 aromatic rings. The van der Waals surface area contributed by atoms with Crippen molar-refractivity contribution in [1.29, 1.82) is 5.41 Å². The first-order chi connectivity index (χ1) is 11.9. The number of nitrogen functional groups attached to an aromatic ring is 1. The maximum atomic E-state index is 11.7. The molecular formula is C17H17BrN4O3. The molecule has 0 saturated carbocycles. The van der Waals surface area contributed by atoms with E-state index in [0.29, 0.717) is 17.8 Å².